The summed E-state index contributed by atoms with van der Waals surface area (Å²) in [4.78, 5) is 12.3. The normalized spacial score (nSPS) is 11.4. The van der Waals surface area contributed by atoms with Crippen LogP contribution >= 0.6 is 0 Å². The first-order valence-electron chi connectivity index (χ1n) is 8.64. The molecule has 27 heavy (non-hydrogen) atoms. The van der Waals surface area contributed by atoms with Crippen LogP contribution < -0.4 is 15.8 Å². The molecular formula is C20H22N3O3S+. The Kier molecular flexibility index (Phi) is 5.85. The number of nitrogens with one attached hydrogen (secondary N) is 1. The number of quaternary nitrogens is 1. The number of rotatable bonds is 7. The molecule has 3 aromatic rings. The molecule has 0 unspecified atom stereocenters. The van der Waals surface area contributed by atoms with Crippen LogP contribution in [0, 0.1) is 0 Å². The van der Waals surface area contributed by atoms with Gasteiger partial charge in [-0.25, -0.2) is 13.6 Å². The van der Waals surface area contributed by atoms with E-state index in [4.69, 9.17) is 5.14 Å². The first-order chi connectivity index (χ1) is 12.9. The fourth-order valence-electron chi connectivity index (χ4n) is 2.88. The number of amides is 1. The third-order valence-electron chi connectivity index (χ3n) is 4.28. The number of hydrogen-bond donors (Lipinski definition) is 3. The Hall–Kier alpha value is -2.74. The lowest BCUT2D eigenvalue weighted by molar-refractivity contribution is -0.643. The molecule has 3 rings (SSSR count). The highest BCUT2D eigenvalue weighted by atomic mass is 32.2. The lowest BCUT2D eigenvalue weighted by Gasteiger charge is -2.08. The van der Waals surface area contributed by atoms with Crippen LogP contribution in [-0.2, 0) is 21.2 Å². The summed E-state index contributed by atoms with van der Waals surface area (Å²) in [7, 11) is -3.66. The van der Waals surface area contributed by atoms with Crippen LogP contribution in [0.3, 0.4) is 0 Å². The number of hydrogen-bond acceptors (Lipinski definition) is 3. The number of fused-ring (bicyclic) bond motifs is 1. The number of carbonyl (C=O) groups excluding carboxylic acids is 1. The van der Waals surface area contributed by atoms with Crippen LogP contribution in [0.15, 0.2) is 71.6 Å². The molecule has 0 saturated carbocycles. The molecule has 0 spiro atoms. The van der Waals surface area contributed by atoms with E-state index in [1.807, 2.05) is 47.8 Å². The largest absolute Gasteiger partial charge is 0.338 e. The average Bonchev–Trinajstić information content (AvgIpc) is 2.65. The Morgan fingerprint density at radius 1 is 0.963 bits per heavy atom. The minimum Gasteiger partial charge on any atom is -0.338 e. The molecular weight excluding hydrogens is 362 g/mol. The van der Waals surface area contributed by atoms with Crippen molar-refractivity contribution in [1.29, 1.82) is 0 Å². The molecule has 0 bridgehead atoms. The topological polar surface area (TPSA) is 106 Å². The maximum atomic E-state index is 12.2. The van der Waals surface area contributed by atoms with Gasteiger partial charge in [-0.1, -0.05) is 48.5 Å². The van der Waals surface area contributed by atoms with Gasteiger partial charge in [0.1, 0.15) is 0 Å². The lowest BCUT2D eigenvalue weighted by Crippen LogP contribution is -2.86. The van der Waals surface area contributed by atoms with E-state index in [2.05, 4.69) is 5.32 Å². The second kappa shape index (κ2) is 8.30. The highest BCUT2D eigenvalue weighted by Crippen LogP contribution is 2.22. The van der Waals surface area contributed by atoms with Crippen LogP contribution in [0.2, 0.25) is 0 Å². The molecule has 0 heterocycles. The van der Waals surface area contributed by atoms with Gasteiger partial charge < -0.3 is 10.6 Å². The minimum atomic E-state index is -3.66. The van der Waals surface area contributed by atoms with Crippen molar-refractivity contribution in [3.8, 4) is 0 Å². The maximum Gasteiger partial charge on any atom is 0.279 e. The molecule has 7 heteroatoms. The molecule has 5 N–H and O–H groups in total. The van der Waals surface area contributed by atoms with Crippen molar-refractivity contribution in [3.05, 3.63) is 72.3 Å². The van der Waals surface area contributed by atoms with Crippen LogP contribution in [-0.4, -0.2) is 27.4 Å². The highest BCUT2D eigenvalue weighted by Gasteiger charge is 2.09. The third kappa shape index (κ3) is 5.13. The number of sulfonamides is 1. The summed E-state index contributed by atoms with van der Waals surface area (Å²) in [6.07, 6.45) is 0.729. The van der Waals surface area contributed by atoms with Crippen molar-refractivity contribution < 1.29 is 18.5 Å². The Labute approximate surface area is 158 Å². The second-order valence-corrected chi connectivity index (χ2v) is 7.86. The average molecular weight is 384 g/mol. The first kappa shape index (κ1) is 19.0. The molecule has 0 radical (unpaired) electrons. The molecule has 3 aromatic carbocycles. The Morgan fingerprint density at radius 3 is 2.41 bits per heavy atom. The molecule has 0 saturated heterocycles. The van der Waals surface area contributed by atoms with E-state index in [1.165, 1.54) is 12.1 Å². The Morgan fingerprint density at radius 2 is 1.67 bits per heavy atom. The zero-order valence-electron chi connectivity index (χ0n) is 14.8. The van der Waals surface area contributed by atoms with Crippen molar-refractivity contribution in [2.45, 2.75) is 11.3 Å². The van der Waals surface area contributed by atoms with Crippen molar-refractivity contribution in [3.63, 3.8) is 0 Å². The number of anilines is 1. The third-order valence-corrected chi connectivity index (χ3v) is 5.21. The molecule has 0 atom stereocenters. The molecule has 140 valence electrons. The van der Waals surface area contributed by atoms with Gasteiger partial charge in [-0.15, -0.1) is 0 Å². The summed E-state index contributed by atoms with van der Waals surface area (Å²) < 4.78 is 22.5. The fourth-order valence-corrected chi connectivity index (χ4v) is 3.40. The Balaban J connectivity index is 1.48. The molecule has 6 nitrogen and oxygen atoms in total. The maximum absolute atomic E-state index is 12.2. The zero-order valence-corrected chi connectivity index (χ0v) is 15.6. The quantitative estimate of drug-likeness (QED) is 0.534. The zero-order chi connectivity index (χ0) is 19.3. The minimum absolute atomic E-state index is 0.0593. The molecule has 0 aliphatic rings. The van der Waals surface area contributed by atoms with Gasteiger partial charge in [-0.2, -0.15) is 0 Å². The number of benzene rings is 3. The van der Waals surface area contributed by atoms with E-state index in [1.54, 1.807) is 12.1 Å². The molecule has 0 aliphatic carbocycles. The van der Waals surface area contributed by atoms with Gasteiger partial charge in [-0.3, -0.25) is 4.79 Å². The SMILES string of the molecule is NS(=O)(=O)c1ccc(CC[NH2+]CC(=O)Nc2cccc3ccccc23)cc1. The molecule has 0 fully saturated rings. The highest BCUT2D eigenvalue weighted by molar-refractivity contribution is 7.89. The lowest BCUT2D eigenvalue weighted by atomic mass is 10.1. The summed E-state index contributed by atoms with van der Waals surface area (Å²) in [5.41, 5.74) is 1.80. The summed E-state index contributed by atoms with van der Waals surface area (Å²) in [5.74, 6) is -0.0593. The van der Waals surface area contributed by atoms with Crippen molar-refractivity contribution in [1.82, 2.24) is 0 Å². The van der Waals surface area contributed by atoms with E-state index in [0.717, 1.165) is 35.0 Å². The van der Waals surface area contributed by atoms with Gasteiger partial charge in [0.05, 0.1) is 11.4 Å². The monoisotopic (exact) mass is 384 g/mol. The predicted octanol–water partition coefficient (Wildman–Crippen LogP) is 1.23. The van der Waals surface area contributed by atoms with E-state index in [0.29, 0.717) is 6.54 Å². The van der Waals surface area contributed by atoms with Crippen LogP contribution in [0.1, 0.15) is 5.56 Å². The Bertz CT molecular complexity index is 1040. The van der Waals surface area contributed by atoms with Crippen LogP contribution in [0.25, 0.3) is 10.8 Å². The standard InChI is InChI=1S/C20H21N3O3S/c21-27(25,26)17-10-8-15(9-11-17)12-13-22-14-20(24)23-19-7-3-5-16-4-1-2-6-18(16)19/h1-11,22H,12-14H2,(H,23,24)(H2,21,25,26)/p+1. The number of carbonyl (C=O) groups is 1. The molecule has 0 aromatic heterocycles. The van der Waals surface area contributed by atoms with Gasteiger partial charge in [0.25, 0.3) is 5.91 Å². The number of nitrogens with two attached hydrogens (primary N) is 2. The summed E-state index contributed by atoms with van der Waals surface area (Å²) in [6, 6.07) is 20.2. The van der Waals surface area contributed by atoms with Crippen molar-refractivity contribution in [2.24, 2.45) is 5.14 Å². The fraction of sp³-hybridized carbons (Fsp3) is 0.150. The van der Waals surface area contributed by atoms with Gasteiger partial charge in [0.2, 0.25) is 10.0 Å². The summed E-state index contributed by atoms with van der Waals surface area (Å²) in [6.45, 7) is 1.04. The van der Waals surface area contributed by atoms with Crippen LogP contribution in [0.5, 0.6) is 0 Å². The van der Waals surface area contributed by atoms with E-state index >= 15 is 0 Å². The van der Waals surface area contributed by atoms with Crippen molar-refractivity contribution in [2.75, 3.05) is 18.4 Å². The van der Waals surface area contributed by atoms with Crippen LogP contribution in [0.4, 0.5) is 5.69 Å². The first-order valence-corrected chi connectivity index (χ1v) is 10.2. The van der Waals surface area contributed by atoms with E-state index < -0.39 is 10.0 Å². The predicted molar refractivity (Wildman–Crippen MR) is 106 cm³/mol. The summed E-state index contributed by atoms with van der Waals surface area (Å²) in [5, 5.41) is 12.1. The summed E-state index contributed by atoms with van der Waals surface area (Å²) >= 11 is 0. The second-order valence-electron chi connectivity index (χ2n) is 6.30. The van der Waals surface area contributed by atoms with Gasteiger partial charge in [0.15, 0.2) is 6.54 Å². The van der Waals surface area contributed by atoms with Crippen molar-refractivity contribution >= 4 is 32.4 Å². The molecule has 1 amide bonds. The van der Waals surface area contributed by atoms with E-state index in [-0.39, 0.29) is 10.8 Å². The van der Waals surface area contributed by atoms with Gasteiger partial charge in [-0.05, 0) is 29.1 Å². The number of primary sulfonamides is 1. The van der Waals surface area contributed by atoms with Gasteiger partial charge >= 0.3 is 0 Å². The smallest absolute Gasteiger partial charge is 0.279 e. The molecule has 0 aliphatic heterocycles. The van der Waals surface area contributed by atoms with Gasteiger partial charge in [0, 0.05) is 17.5 Å². The van der Waals surface area contributed by atoms with E-state index in [9.17, 15) is 13.2 Å².